The lowest BCUT2D eigenvalue weighted by atomic mass is 10.0. The topological polar surface area (TPSA) is 59.4 Å². The third kappa shape index (κ3) is 3.91. The number of nitrogens with zero attached hydrogens (tertiary/aromatic N) is 3. The largest absolute Gasteiger partial charge is 0.469 e. The molecule has 8 heteroatoms. The van der Waals surface area contributed by atoms with Gasteiger partial charge in [0.15, 0.2) is 5.11 Å². The second-order valence-corrected chi connectivity index (χ2v) is 7.31. The fraction of sp³-hybridized carbons (Fsp3) is 0.227. The van der Waals surface area contributed by atoms with Crippen molar-refractivity contribution in [1.29, 1.82) is 0 Å². The highest BCUT2D eigenvalue weighted by molar-refractivity contribution is 7.80. The van der Waals surface area contributed by atoms with Crippen LogP contribution in [0.3, 0.4) is 0 Å². The Kier molecular flexibility index (Phi) is 5.76. The van der Waals surface area contributed by atoms with E-state index in [4.69, 9.17) is 17.0 Å². The van der Waals surface area contributed by atoms with E-state index in [9.17, 15) is 9.18 Å². The number of esters is 1. The molecule has 0 unspecified atom stereocenters. The van der Waals surface area contributed by atoms with E-state index in [1.807, 2.05) is 46.0 Å². The predicted octanol–water partition coefficient (Wildman–Crippen LogP) is 3.55. The fourth-order valence-electron chi connectivity index (χ4n) is 3.75. The van der Waals surface area contributed by atoms with Crippen LogP contribution >= 0.6 is 12.2 Å². The van der Waals surface area contributed by atoms with E-state index in [-0.39, 0.29) is 30.3 Å². The minimum Gasteiger partial charge on any atom is -0.469 e. The number of nitrogens with one attached hydrogen (secondary N) is 1. The number of aromatic nitrogens is 2. The molecule has 3 aromatic rings. The number of benzene rings is 1. The Labute approximate surface area is 179 Å². The lowest BCUT2D eigenvalue weighted by Crippen LogP contribution is -2.32. The number of hydrogen-bond acceptors (Lipinski definition) is 4. The van der Waals surface area contributed by atoms with Crippen LogP contribution in [0.4, 0.5) is 4.39 Å². The molecular weight excluding hydrogens is 403 g/mol. The van der Waals surface area contributed by atoms with Crippen LogP contribution in [0.15, 0.2) is 67.0 Å². The van der Waals surface area contributed by atoms with Crippen molar-refractivity contribution in [3.05, 3.63) is 84.2 Å². The maximum atomic E-state index is 13.4. The van der Waals surface area contributed by atoms with Crippen molar-refractivity contribution < 1.29 is 13.9 Å². The molecule has 2 aromatic heterocycles. The van der Waals surface area contributed by atoms with Crippen LogP contribution in [0, 0.1) is 5.82 Å². The Morgan fingerprint density at radius 3 is 2.70 bits per heavy atom. The van der Waals surface area contributed by atoms with Crippen LogP contribution in [0.25, 0.3) is 5.69 Å². The Morgan fingerprint density at radius 2 is 2.00 bits per heavy atom. The van der Waals surface area contributed by atoms with Gasteiger partial charge in [0.05, 0.1) is 31.3 Å². The summed E-state index contributed by atoms with van der Waals surface area (Å²) in [5.41, 5.74) is 2.63. The van der Waals surface area contributed by atoms with Gasteiger partial charge in [-0.2, -0.15) is 0 Å². The van der Waals surface area contributed by atoms with E-state index >= 15 is 0 Å². The number of carbonyl (C=O) groups is 1. The molecule has 1 fully saturated rings. The molecule has 0 bridgehead atoms. The number of hydrogen-bond donors (Lipinski definition) is 1. The molecule has 0 spiro atoms. The highest BCUT2D eigenvalue weighted by Crippen LogP contribution is 2.39. The van der Waals surface area contributed by atoms with E-state index < -0.39 is 0 Å². The quantitative estimate of drug-likeness (QED) is 0.483. The average molecular weight is 425 g/mol. The summed E-state index contributed by atoms with van der Waals surface area (Å²) in [6.07, 6.45) is 3.88. The standard InChI is InChI=1S/C22H21FN4O2S/c1-29-19(28)11-14-27-21(20(25-22(27)30)17-5-2-3-12-24-17)18-6-4-13-26(18)16-9-7-15(23)8-10-16/h2-10,12-13,20-21H,11,14H2,1H3,(H,25,30)/t20-,21-/m0/s1. The van der Waals surface area contributed by atoms with Crippen molar-refractivity contribution >= 4 is 23.3 Å². The lowest BCUT2D eigenvalue weighted by Gasteiger charge is -2.28. The number of carbonyl (C=O) groups excluding carboxylic acids is 1. The normalized spacial score (nSPS) is 18.3. The first-order valence-electron chi connectivity index (χ1n) is 9.56. The summed E-state index contributed by atoms with van der Waals surface area (Å²) >= 11 is 5.61. The lowest BCUT2D eigenvalue weighted by molar-refractivity contribution is -0.140. The van der Waals surface area contributed by atoms with Crippen LogP contribution in [0.5, 0.6) is 0 Å². The van der Waals surface area contributed by atoms with E-state index in [0.717, 1.165) is 17.1 Å². The number of halogens is 1. The van der Waals surface area contributed by atoms with Gasteiger partial charge in [0, 0.05) is 30.3 Å². The molecule has 0 radical (unpaired) electrons. The van der Waals surface area contributed by atoms with Crippen molar-refractivity contribution in [2.24, 2.45) is 0 Å². The van der Waals surface area contributed by atoms with Gasteiger partial charge in [-0.3, -0.25) is 9.78 Å². The van der Waals surface area contributed by atoms with Gasteiger partial charge in [0.25, 0.3) is 0 Å². The van der Waals surface area contributed by atoms with Gasteiger partial charge in [-0.05, 0) is 60.7 Å². The molecule has 4 rings (SSSR count). The van der Waals surface area contributed by atoms with E-state index in [2.05, 4.69) is 10.3 Å². The number of pyridine rings is 1. The van der Waals surface area contributed by atoms with Crippen molar-refractivity contribution in [2.75, 3.05) is 13.7 Å². The number of methoxy groups -OCH3 is 1. The first-order valence-corrected chi connectivity index (χ1v) is 9.97. The molecule has 6 nitrogen and oxygen atoms in total. The molecule has 1 aromatic carbocycles. The van der Waals surface area contributed by atoms with Gasteiger partial charge in [-0.1, -0.05) is 6.07 Å². The maximum Gasteiger partial charge on any atom is 0.307 e. The number of thiocarbonyl (C=S) groups is 1. The SMILES string of the molecule is COC(=O)CCN1C(=S)N[C@@H](c2ccccn2)[C@@H]1c1cccn1-c1ccc(F)cc1. The fourth-order valence-corrected chi connectivity index (χ4v) is 4.09. The predicted molar refractivity (Wildman–Crippen MR) is 115 cm³/mol. The van der Waals surface area contributed by atoms with Gasteiger partial charge >= 0.3 is 5.97 Å². The van der Waals surface area contributed by atoms with Crippen molar-refractivity contribution in [3.8, 4) is 5.69 Å². The third-order valence-electron chi connectivity index (χ3n) is 5.17. The minimum atomic E-state index is -0.299. The van der Waals surface area contributed by atoms with Crippen LogP contribution < -0.4 is 5.32 Å². The maximum absolute atomic E-state index is 13.4. The zero-order chi connectivity index (χ0) is 21.1. The summed E-state index contributed by atoms with van der Waals surface area (Å²) in [4.78, 5) is 18.3. The second kappa shape index (κ2) is 8.62. The summed E-state index contributed by atoms with van der Waals surface area (Å²) in [5, 5.41) is 3.91. The molecule has 2 atom stereocenters. The smallest absolute Gasteiger partial charge is 0.307 e. The van der Waals surface area contributed by atoms with Gasteiger partial charge in [-0.25, -0.2) is 4.39 Å². The van der Waals surface area contributed by atoms with Gasteiger partial charge in [0.1, 0.15) is 5.82 Å². The molecule has 1 aliphatic rings. The summed E-state index contributed by atoms with van der Waals surface area (Å²) in [6.45, 7) is 0.404. The Morgan fingerprint density at radius 1 is 1.20 bits per heavy atom. The average Bonchev–Trinajstić information content (AvgIpc) is 3.37. The van der Waals surface area contributed by atoms with Gasteiger partial charge in [0.2, 0.25) is 0 Å². The van der Waals surface area contributed by atoms with Gasteiger partial charge < -0.3 is 19.5 Å². The van der Waals surface area contributed by atoms with Crippen molar-refractivity contribution in [1.82, 2.24) is 19.8 Å². The first kappa shape index (κ1) is 20.0. The van der Waals surface area contributed by atoms with Gasteiger partial charge in [-0.15, -0.1) is 0 Å². The molecule has 1 saturated heterocycles. The Balaban J connectivity index is 1.75. The summed E-state index contributed by atoms with van der Waals surface area (Å²) in [6, 6.07) is 15.6. The molecule has 3 heterocycles. The second-order valence-electron chi connectivity index (χ2n) is 6.93. The molecule has 1 N–H and O–H groups in total. The van der Waals surface area contributed by atoms with Crippen LogP contribution in [0.2, 0.25) is 0 Å². The van der Waals surface area contributed by atoms with E-state index in [0.29, 0.717) is 11.7 Å². The molecule has 0 aliphatic carbocycles. The van der Waals surface area contributed by atoms with Crippen molar-refractivity contribution in [3.63, 3.8) is 0 Å². The molecule has 154 valence electrons. The van der Waals surface area contributed by atoms with Crippen LogP contribution in [-0.4, -0.2) is 39.2 Å². The monoisotopic (exact) mass is 424 g/mol. The zero-order valence-electron chi connectivity index (χ0n) is 16.4. The van der Waals surface area contributed by atoms with Crippen molar-refractivity contribution in [2.45, 2.75) is 18.5 Å². The summed E-state index contributed by atoms with van der Waals surface area (Å²) < 4.78 is 20.2. The first-order chi connectivity index (χ1) is 14.6. The molecule has 1 aliphatic heterocycles. The van der Waals surface area contributed by atoms with Crippen LogP contribution in [0.1, 0.15) is 29.9 Å². The Bertz CT molecular complexity index is 1040. The number of ether oxygens (including phenoxy) is 1. The van der Waals surface area contributed by atoms with E-state index in [1.165, 1.54) is 19.2 Å². The molecule has 0 saturated carbocycles. The highest BCUT2D eigenvalue weighted by atomic mass is 32.1. The van der Waals surface area contributed by atoms with E-state index in [1.54, 1.807) is 18.3 Å². The summed E-state index contributed by atoms with van der Waals surface area (Å²) in [5.74, 6) is -0.589. The molecule has 30 heavy (non-hydrogen) atoms. The molecular formula is C22H21FN4O2S. The highest BCUT2D eigenvalue weighted by Gasteiger charge is 2.41. The third-order valence-corrected chi connectivity index (χ3v) is 5.52. The zero-order valence-corrected chi connectivity index (χ0v) is 17.2. The Hall–Kier alpha value is -3.26. The molecule has 0 amide bonds. The minimum absolute atomic E-state index is 0.203. The van der Waals surface area contributed by atoms with Crippen LogP contribution in [-0.2, 0) is 9.53 Å². The summed E-state index contributed by atoms with van der Waals surface area (Å²) in [7, 11) is 1.37. The number of rotatable bonds is 6.